The Labute approximate surface area is 145 Å². The summed E-state index contributed by atoms with van der Waals surface area (Å²) in [6.07, 6.45) is 20.4. The molecule has 130 valence electrons. The van der Waals surface area contributed by atoms with Crippen LogP contribution in [0.1, 0.15) is 102 Å². The Bertz CT molecular complexity index is 365. The molecule has 1 aromatic carbocycles. The summed E-state index contributed by atoms with van der Waals surface area (Å²) < 4.78 is 0. The molecule has 0 aliphatic heterocycles. The number of unbranched alkanes of at least 4 members (excludes halogenated alkanes) is 11. The van der Waals surface area contributed by atoms with Gasteiger partial charge in [-0.15, -0.1) is 6.58 Å². The fourth-order valence-electron chi connectivity index (χ4n) is 3.33. The van der Waals surface area contributed by atoms with Crippen molar-refractivity contribution in [2.45, 2.75) is 96.3 Å². The third-order valence-corrected chi connectivity index (χ3v) is 4.88. The van der Waals surface area contributed by atoms with Crippen LogP contribution in [0.5, 0.6) is 0 Å². The van der Waals surface area contributed by atoms with Gasteiger partial charge in [0, 0.05) is 5.92 Å². The van der Waals surface area contributed by atoms with E-state index in [2.05, 4.69) is 49.9 Å². The Kier molecular flexibility index (Phi) is 12.7. The maximum atomic E-state index is 4.01. The molecule has 0 fully saturated rings. The molecule has 0 aliphatic carbocycles. The van der Waals surface area contributed by atoms with Crippen LogP contribution in [-0.2, 0) is 0 Å². The van der Waals surface area contributed by atoms with Gasteiger partial charge in [0.1, 0.15) is 0 Å². The average Bonchev–Trinajstić information content (AvgIpc) is 2.60. The van der Waals surface area contributed by atoms with Crippen molar-refractivity contribution in [2.75, 3.05) is 0 Å². The van der Waals surface area contributed by atoms with Crippen molar-refractivity contribution in [1.29, 1.82) is 0 Å². The van der Waals surface area contributed by atoms with Crippen LogP contribution >= 0.6 is 0 Å². The van der Waals surface area contributed by atoms with E-state index in [0.29, 0.717) is 5.92 Å². The van der Waals surface area contributed by atoms with E-state index in [1.807, 2.05) is 0 Å². The molecule has 0 heterocycles. The lowest BCUT2D eigenvalue weighted by atomic mass is 9.93. The second-order valence-corrected chi connectivity index (χ2v) is 6.93. The summed E-state index contributed by atoms with van der Waals surface area (Å²) in [6.45, 7) is 6.30. The molecule has 23 heavy (non-hydrogen) atoms. The van der Waals surface area contributed by atoms with Gasteiger partial charge < -0.3 is 0 Å². The average molecular weight is 315 g/mol. The molecule has 0 radical (unpaired) electrons. The predicted molar refractivity (Wildman–Crippen MR) is 105 cm³/mol. The summed E-state index contributed by atoms with van der Waals surface area (Å²) in [4.78, 5) is 0. The lowest BCUT2D eigenvalue weighted by Crippen LogP contribution is -1.94. The normalized spacial score (nSPS) is 12.2. The Morgan fingerprint density at radius 2 is 1.22 bits per heavy atom. The van der Waals surface area contributed by atoms with Gasteiger partial charge in [-0.1, -0.05) is 120 Å². The molecule has 1 atom stereocenters. The van der Waals surface area contributed by atoms with E-state index in [1.165, 1.54) is 89.0 Å². The van der Waals surface area contributed by atoms with Gasteiger partial charge in [0.15, 0.2) is 0 Å². The van der Waals surface area contributed by atoms with Crippen LogP contribution in [0.15, 0.2) is 43.0 Å². The van der Waals surface area contributed by atoms with Crippen LogP contribution < -0.4 is 0 Å². The minimum absolute atomic E-state index is 0.541. The van der Waals surface area contributed by atoms with E-state index in [4.69, 9.17) is 0 Å². The number of rotatable bonds is 15. The standard InChI is InChI=1S/C23H38/c1-3-5-6-7-8-9-10-11-12-13-14-16-19-22(4-2)23-20-17-15-18-21-23/h4,15,17-18,20-22H,2-3,5-14,16,19H2,1H3. The third kappa shape index (κ3) is 10.4. The zero-order valence-corrected chi connectivity index (χ0v) is 15.4. The number of allylic oxidation sites excluding steroid dienone is 1. The van der Waals surface area contributed by atoms with Gasteiger partial charge in [-0.2, -0.15) is 0 Å². The first kappa shape index (κ1) is 20.0. The highest BCUT2D eigenvalue weighted by Gasteiger charge is 2.06. The van der Waals surface area contributed by atoms with Crippen LogP contribution in [0.2, 0.25) is 0 Å². The van der Waals surface area contributed by atoms with Crippen molar-refractivity contribution in [2.24, 2.45) is 0 Å². The van der Waals surface area contributed by atoms with Crippen molar-refractivity contribution in [1.82, 2.24) is 0 Å². The number of benzene rings is 1. The summed E-state index contributed by atoms with van der Waals surface area (Å²) in [5.41, 5.74) is 1.42. The van der Waals surface area contributed by atoms with Gasteiger partial charge in [-0.3, -0.25) is 0 Å². The van der Waals surface area contributed by atoms with E-state index in [1.54, 1.807) is 0 Å². The Morgan fingerprint density at radius 3 is 1.70 bits per heavy atom. The maximum absolute atomic E-state index is 4.01. The quantitative estimate of drug-likeness (QED) is 0.227. The minimum atomic E-state index is 0.541. The predicted octanol–water partition coefficient (Wildman–Crippen LogP) is 8.05. The zero-order chi connectivity index (χ0) is 16.6. The smallest absolute Gasteiger partial charge is 0.00152 e. The molecule has 0 bridgehead atoms. The van der Waals surface area contributed by atoms with Gasteiger partial charge in [0.05, 0.1) is 0 Å². The molecule has 1 rings (SSSR count). The van der Waals surface area contributed by atoms with E-state index < -0.39 is 0 Å². The molecule has 0 nitrogen and oxygen atoms in total. The lowest BCUT2D eigenvalue weighted by molar-refractivity contribution is 0.534. The van der Waals surface area contributed by atoms with Crippen LogP contribution in [0.25, 0.3) is 0 Å². The molecule has 0 aliphatic rings. The maximum Gasteiger partial charge on any atom is 0.00152 e. The van der Waals surface area contributed by atoms with Crippen LogP contribution in [0.4, 0.5) is 0 Å². The molecule has 0 N–H and O–H groups in total. The molecular formula is C23H38. The second kappa shape index (κ2) is 14.5. The first-order valence-corrected chi connectivity index (χ1v) is 10.1. The Balaban J connectivity index is 1.92. The number of hydrogen-bond acceptors (Lipinski definition) is 0. The highest BCUT2D eigenvalue weighted by Crippen LogP contribution is 2.23. The highest BCUT2D eigenvalue weighted by molar-refractivity contribution is 5.22. The van der Waals surface area contributed by atoms with Crippen molar-refractivity contribution in [3.05, 3.63) is 48.6 Å². The van der Waals surface area contributed by atoms with Crippen LogP contribution in [0, 0.1) is 0 Å². The summed E-state index contributed by atoms with van der Waals surface area (Å²) >= 11 is 0. The van der Waals surface area contributed by atoms with Gasteiger partial charge in [-0.25, -0.2) is 0 Å². The molecule has 0 heteroatoms. The fourth-order valence-corrected chi connectivity index (χ4v) is 3.33. The Hall–Kier alpha value is -1.04. The van der Waals surface area contributed by atoms with E-state index >= 15 is 0 Å². The van der Waals surface area contributed by atoms with Crippen molar-refractivity contribution in [3.8, 4) is 0 Å². The summed E-state index contributed by atoms with van der Waals surface area (Å²) in [5, 5.41) is 0. The minimum Gasteiger partial charge on any atom is -0.102 e. The molecule has 1 aromatic rings. The zero-order valence-electron chi connectivity index (χ0n) is 15.4. The van der Waals surface area contributed by atoms with E-state index in [-0.39, 0.29) is 0 Å². The van der Waals surface area contributed by atoms with Crippen molar-refractivity contribution < 1.29 is 0 Å². The summed E-state index contributed by atoms with van der Waals surface area (Å²) in [5.74, 6) is 0.541. The van der Waals surface area contributed by atoms with Crippen molar-refractivity contribution >= 4 is 0 Å². The molecular weight excluding hydrogens is 276 g/mol. The molecule has 0 spiro atoms. The fraction of sp³-hybridized carbons (Fsp3) is 0.652. The van der Waals surface area contributed by atoms with E-state index in [9.17, 15) is 0 Å². The molecule has 0 aromatic heterocycles. The van der Waals surface area contributed by atoms with Gasteiger partial charge in [0.25, 0.3) is 0 Å². The largest absolute Gasteiger partial charge is 0.102 e. The van der Waals surface area contributed by atoms with Crippen LogP contribution in [-0.4, -0.2) is 0 Å². The van der Waals surface area contributed by atoms with Gasteiger partial charge >= 0.3 is 0 Å². The summed E-state index contributed by atoms with van der Waals surface area (Å²) in [7, 11) is 0. The topological polar surface area (TPSA) is 0 Å². The SMILES string of the molecule is C=CC(CCCCCCCCCCCCCC)c1ccccc1. The molecule has 1 unspecified atom stereocenters. The molecule has 0 saturated carbocycles. The Morgan fingerprint density at radius 1 is 0.739 bits per heavy atom. The third-order valence-electron chi connectivity index (χ3n) is 4.88. The first-order chi connectivity index (χ1) is 11.4. The van der Waals surface area contributed by atoms with Crippen molar-refractivity contribution in [3.63, 3.8) is 0 Å². The number of hydrogen-bond donors (Lipinski definition) is 0. The summed E-state index contributed by atoms with van der Waals surface area (Å²) in [6, 6.07) is 10.8. The van der Waals surface area contributed by atoms with Gasteiger partial charge in [-0.05, 0) is 12.0 Å². The van der Waals surface area contributed by atoms with Gasteiger partial charge in [0.2, 0.25) is 0 Å². The van der Waals surface area contributed by atoms with Crippen LogP contribution in [0.3, 0.4) is 0 Å². The molecule has 0 saturated heterocycles. The van der Waals surface area contributed by atoms with E-state index in [0.717, 1.165) is 0 Å². The monoisotopic (exact) mass is 314 g/mol. The first-order valence-electron chi connectivity index (χ1n) is 10.1. The lowest BCUT2D eigenvalue weighted by Gasteiger charge is -2.12. The highest BCUT2D eigenvalue weighted by atomic mass is 14.1. The molecule has 0 amide bonds. The second-order valence-electron chi connectivity index (χ2n) is 6.93.